The quantitative estimate of drug-likeness (QED) is 0.669. The van der Waals surface area contributed by atoms with E-state index in [0.717, 1.165) is 38.9 Å². The highest BCUT2D eigenvalue weighted by atomic mass is 16.2. The van der Waals surface area contributed by atoms with Crippen molar-refractivity contribution in [2.24, 2.45) is 10.8 Å². The number of nitrogens with one attached hydrogen (secondary N) is 2. The Morgan fingerprint density at radius 1 is 1.20 bits per heavy atom. The number of hydrogen-bond acceptors (Lipinski definition) is 2. The van der Waals surface area contributed by atoms with Gasteiger partial charge in [0.25, 0.3) is 0 Å². The molecule has 1 fully saturated rings. The third-order valence-corrected chi connectivity index (χ3v) is 4.90. The molecule has 0 aromatic carbocycles. The Kier molecular flexibility index (Phi) is 7.01. The van der Waals surface area contributed by atoms with Crippen molar-refractivity contribution in [1.29, 1.82) is 0 Å². The third-order valence-electron chi connectivity index (χ3n) is 4.90. The minimum absolute atomic E-state index is 0.120. The van der Waals surface area contributed by atoms with Gasteiger partial charge in [-0.1, -0.05) is 47.0 Å². The predicted octanol–water partition coefficient (Wildman–Crippen LogP) is 3.49. The molecule has 2 N–H and O–H groups in total. The second kappa shape index (κ2) is 8.02. The summed E-state index contributed by atoms with van der Waals surface area (Å²) in [5.41, 5.74) is 0.0947. The molecule has 0 aromatic rings. The maximum Gasteiger partial charge on any atom is 0.226 e. The molecule has 0 aliphatic carbocycles. The van der Waals surface area contributed by atoms with Crippen LogP contribution in [0.3, 0.4) is 0 Å². The lowest BCUT2D eigenvalue weighted by Crippen LogP contribution is -2.49. The minimum atomic E-state index is -0.120. The monoisotopic (exact) mass is 282 g/mol. The Labute approximate surface area is 125 Å². The smallest absolute Gasteiger partial charge is 0.226 e. The number of piperidine rings is 1. The van der Waals surface area contributed by atoms with Gasteiger partial charge in [-0.2, -0.15) is 0 Å². The summed E-state index contributed by atoms with van der Waals surface area (Å²) in [6.07, 6.45) is 7.92. The molecule has 1 aliphatic rings. The van der Waals surface area contributed by atoms with E-state index in [9.17, 15) is 4.79 Å². The molecule has 3 heteroatoms. The van der Waals surface area contributed by atoms with Gasteiger partial charge in [-0.05, 0) is 44.2 Å². The molecule has 0 atom stereocenters. The normalized spacial score (nSPS) is 18.8. The second-order valence-corrected chi connectivity index (χ2v) is 7.19. The van der Waals surface area contributed by atoms with E-state index in [-0.39, 0.29) is 16.7 Å². The molecular formula is C17H34N2O. The van der Waals surface area contributed by atoms with Crippen molar-refractivity contribution in [3.63, 3.8) is 0 Å². The van der Waals surface area contributed by atoms with Gasteiger partial charge < -0.3 is 10.6 Å². The number of carbonyl (C=O) groups is 1. The molecule has 1 saturated heterocycles. The lowest BCUT2D eigenvalue weighted by Gasteiger charge is -2.36. The van der Waals surface area contributed by atoms with Gasteiger partial charge in [0, 0.05) is 6.54 Å². The first kappa shape index (κ1) is 17.5. The van der Waals surface area contributed by atoms with Gasteiger partial charge in [-0.15, -0.1) is 0 Å². The summed E-state index contributed by atoms with van der Waals surface area (Å²) >= 11 is 0. The number of hydrogen-bond donors (Lipinski definition) is 2. The highest BCUT2D eigenvalue weighted by Crippen LogP contribution is 2.33. The van der Waals surface area contributed by atoms with Crippen LogP contribution in [0.1, 0.15) is 72.6 Å². The van der Waals surface area contributed by atoms with Crippen molar-refractivity contribution in [3.05, 3.63) is 0 Å². The molecule has 118 valence electrons. The Bertz CT molecular complexity index is 293. The summed E-state index contributed by atoms with van der Waals surface area (Å²) in [7, 11) is 0. The topological polar surface area (TPSA) is 41.1 Å². The van der Waals surface area contributed by atoms with Gasteiger partial charge in [-0.3, -0.25) is 4.79 Å². The van der Waals surface area contributed by atoms with Crippen LogP contribution in [0.5, 0.6) is 0 Å². The first-order valence-electron chi connectivity index (χ1n) is 8.45. The molecule has 1 heterocycles. The number of unbranched alkanes of at least 4 members (excludes halogenated alkanes) is 2. The SMILES string of the molecule is CCCCCC(C)(C)CNC(=O)C1(CC)CCNCC1. The second-order valence-electron chi connectivity index (χ2n) is 7.19. The zero-order chi connectivity index (χ0) is 15.1. The van der Waals surface area contributed by atoms with E-state index in [1.54, 1.807) is 0 Å². The summed E-state index contributed by atoms with van der Waals surface area (Å²) < 4.78 is 0. The number of carbonyl (C=O) groups excluding carboxylic acids is 1. The van der Waals surface area contributed by atoms with E-state index in [1.165, 1.54) is 25.7 Å². The Hall–Kier alpha value is -0.570. The van der Waals surface area contributed by atoms with Gasteiger partial charge in [0.05, 0.1) is 5.41 Å². The van der Waals surface area contributed by atoms with Crippen molar-refractivity contribution < 1.29 is 4.79 Å². The van der Waals surface area contributed by atoms with Crippen LogP contribution >= 0.6 is 0 Å². The molecule has 20 heavy (non-hydrogen) atoms. The standard InChI is InChI=1S/C17H34N2O/c1-5-7-8-9-16(3,4)14-19-15(20)17(6-2)10-12-18-13-11-17/h18H,5-14H2,1-4H3,(H,19,20). The van der Waals surface area contributed by atoms with Crippen LogP contribution in [0.25, 0.3) is 0 Å². The fourth-order valence-electron chi connectivity index (χ4n) is 3.10. The van der Waals surface area contributed by atoms with Crippen molar-refractivity contribution in [3.8, 4) is 0 Å². The summed E-state index contributed by atoms with van der Waals surface area (Å²) in [5.74, 6) is 0.282. The van der Waals surface area contributed by atoms with Crippen LogP contribution in [-0.2, 0) is 4.79 Å². The van der Waals surface area contributed by atoms with Gasteiger partial charge in [0.1, 0.15) is 0 Å². The first-order chi connectivity index (χ1) is 9.46. The van der Waals surface area contributed by atoms with Crippen molar-refractivity contribution in [1.82, 2.24) is 10.6 Å². The highest BCUT2D eigenvalue weighted by molar-refractivity contribution is 5.82. The molecule has 0 unspecified atom stereocenters. The van der Waals surface area contributed by atoms with Crippen LogP contribution in [0, 0.1) is 10.8 Å². The summed E-state index contributed by atoms with van der Waals surface area (Å²) in [5, 5.41) is 6.60. The van der Waals surface area contributed by atoms with Crippen LogP contribution < -0.4 is 10.6 Å². The van der Waals surface area contributed by atoms with Gasteiger partial charge >= 0.3 is 0 Å². The fraction of sp³-hybridized carbons (Fsp3) is 0.941. The summed E-state index contributed by atoms with van der Waals surface area (Å²) in [6.45, 7) is 11.7. The zero-order valence-electron chi connectivity index (χ0n) is 14.0. The molecule has 1 rings (SSSR count). The van der Waals surface area contributed by atoms with Gasteiger partial charge in [0.2, 0.25) is 5.91 Å². The number of rotatable bonds is 8. The van der Waals surface area contributed by atoms with E-state index in [4.69, 9.17) is 0 Å². The van der Waals surface area contributed by atoms with Crippen LogP contribution in [0.2, 0.25) is 0 Å². The number of amides is 1. The largest absolute Gasteiger partial charge is 0.355 e. The van der Waals surface area contributed by atoms with Crippen molar-refractivity contribution >= 4 is 5.91 Å². The summed E-state index contributed by atoms with van der Waals surface area (Å²) in [6, 6.07) is 0. The van der Waals surface area contributed by atoms with E-state index >= 15 is 0 Å². The lowest BCUT2D eigenvalue weighted by atomic mass is 9.75. The van der Waals surface area contributed by atoms with E-state index in [2.05, 4.69) is 38.3 Å². The first-order valence-corrected chi connectivity index (χ1v) is 8.45. The molecule has 0 spiro atoms. The van der Waals surface area contributed by atoms with Crippen LogP contribution in [0.4, 0.5) is 0 Å². The molecule has 1 aliphatic heterocycles. The highest BCUT2D eigenvalue weighted by Gasteiger charge is 2.38. The van der Waals surface area contributed by atoms with Gasteiger partial charge in [0.15, 0.2) is 0 Å². The van der Waals surface area contributed by atoms with Crippen LogP contribution in [0.15, 0.2) is 0 Å². The Morgan fingerprint density at radius 3 is 2.40 bits per heavy atom. The fourth-order valence-corrected chi connectivity index (χ4v) is 3.10. The molecule has 0 aromatic heterocycles. The maximum atomic E-state index is 12.6. The van der Waals surface area contributed by atoms with Crippen molar-refractivity contribution in [2.75, 3.05) is 19.6 Å². The average molecular weight is 282 g/mol. The predicted molar refractivity (Wildman–Crippen MR) is 85.8 cm³/mol. The molecule has 0 bridgehead atoms. The van der Waals surface area contributed by atoms with Crippen molar-refractivity contribution in [2.45, 2.75) is 72.6 Å². The maximum absolute atomic E-state index is 12.6. The lowest BCUT2D eigenvalue weighted by molar-refractivity contribution is -0.133. The zero-order valence-corrected chi connectivity index (χ0v) is 14.0. The Morgan fingerprint density at radius 2 is 1.85 bits per heavy atom. The van der Waals surface area contributed by atoms with Gasteiger partial charge in [-0.25, -0.2) is 0 Å². The molecule has 3 nitrogen and oxygen atoms in total. The van der Waals surface area contributed by atoms with E-state index in [0.29, 0.717) is 0 Å². The van der Waals surface area contributed by atoms with E-state index < -0.39 is 0 Å². The Balaban J connectivity index is 2.44. The average Bonchev–Trinajstić information content (AvgIpc) is 2.45. The third kappa shape index (κ3) is 5.08. The van der Waals surface area contributed by atoms with E-state index in [1.807, 2.05) is 0 Å². The minimum Gasteiger partial charge on any atom is -0.355 e. The van der Waals surface area contributed by atoms with Crippen LogP contribution in [-0.4, -0.2) is 25.5 Å². The molecule has 1 amide bonds. The summed E-state index contributed by atoms with van der Waals surface area (Å²) in [4.78, 5) is 12.6. The molecule has 0 saturated carbocycles. The molecular weight excluding hydrogens is 248 g/mol. The molecule has 0 radical (unpaired) electrons.